The van der Waals surface area contributed by atoms with E-state index < -0.39 is 12.0 Å². The molecule has 0 aliphatic rings. The highest BCUT2D eigenvalue weighted by Crippen LogP contribution is 2.21. The molecule has 20 heavy (non-hydrogen) atoms. The normalized spacial score (nSPS) is 12.1. The van der Waals surface area contributed by atoms with E-state index in [1.165, 1.54) is 11.5 Å². The van der Waals surface area contributed by atoms with E-state index in [0.717, 1.165) is 18.4 Å². The lowest BCUT2D eigenvalue weighted by molar-refractivity contribution is -0.138. The van der Waals surface area contributed by atoms with Crippen LogP contribution >= 0.6 is 11.5 Å². The summed E-state index contributed by atoms with van der Waals surface area (Å²) in [4.78, 5) is 15.5. The Balaban J connectivity index is 2.06. The molecule has 5 nitrogen and oxygen atoms in total. The van der Waals surface area contributed by atoms with Gasteiger partial charge in [0, 0.05) is 17.1 Å². The van der Waals surface area contributed by atoms with Crippen molar-refractivity contribution in [3.63, 3.8) is 0 Å². The average Bonchev–Trinajstić information content (AvgIpc) is 2.92. The molecule has 0 bridgehead atoms. The molecule has 0 radical (unpaired) electrons. The molecule has 1 unspecified atom stereocenters. The number of aromatic nitrogens is 2. The van der Waals surface area contributed by atoms with E-state index in [0.29, 0.717) is 17.4 Å². The highest BCUT2D eigenvalue weighted by Gasteiger charge is 2.18. The summed E-state index contributed by atoms with van der Waals surface area (Å²) in [6.07, 6.45) is 2.43. The minimum Gasteiger partial charge on any atom is -0.480 e. The van der Waals surface area contributed by atoms with Crippen LogP contribution in [0, 0.1) is 0 Å². The van der Waals surface area contributed by atoms with E-state index >= 15 is 0 Å². The molecule has 1 heterocycles. The molecule has 0 aliphatic heterocycles. The van der Waals surface area contributed by atoms with E-state index in [1.54, 1.807) is 0 Å². The fourth-order valence-electron chi connectivity index (χ4n) is 1.80. The third-order valence-electron chi connectivity index (χ3n) is 2.90. The van der Waals surface area contributed by atoms with E-state index in [1.807, 2.05) is 37.3 Å². The van der Waals surface area contributed by atoms with Crippen LogP contribution in [0.15, 0.2) is 30.3 Å². The van der Waals surface area contributed by atoms with E-state index in [9.17, 15) is 9.90 Å². The first kappa shape index (κ1) is 14.5. The smallest absolute Gasteiger partial charge is 0.326 e. The molecule has 0 amide bonds. The van der Waals surface area contributed by atoms with Crippen molar-refractivity contribution in [2.75, 3.05) is 5.32 Å². The van der Waals surface area contributed by atoms with E-state index in [2.05, 4.69) is 14.7 Å². The van der Waals surface area contributed by atoms with Crippen LogP contribution in [-0.4, -0.2) is 26.5 Å². The van der Waals surface area contributed by atoms with Crippen molar-refractivity contribution < 1.29 is 9.90 Å². The van der Waals surface area contributed by atoms with Crippen molar-refractivity contribution >= 4 is 22.6 Å². The first-order chi connectivity index (χ1) is 9.70. The Hall–Kier alpha value is -1.95. The van der Waals surface area contributed by atoms with Gasteiger partial charge in [-0.2, -0.15) is 9.36 Å². The number of anilines is 1. The summed E-state index contributed by atoms with van der Waals surface area (Å²) < 4.78 is 4.25. The molecular weight excluding hydrogens is 274 g/mol. The lowest BCUT2D eigenvalue weighted by Gasteiger charge is -2.12. The van der Waals surface area contributed by atoms with Gasteiger partial charge in [0.05, 0.1) is 0 Å². The fraction of sp³-hybridized carbons (Fsp3) is 0.357. The number of carbonyl (C=O) groups is 1. The van der Waals surface area contributed by atoms with Crippen molar-refractivity contribution in [2.45, 2.75) is 32.2 Å². The van der Waals surface area contributed by atoms with Crippen LogP contribution in [0.25, 0.3) is 11.4 Å². The van der Waals surface area contributed by atoms with Gasteiger partial charge in [0.25, 0.3) is 0 Å². The number of nitrogens with one attached hydrogen (secondary N) is 1. The zero-order chi connectivity index (χ0) is 14.4. The Labute approximate surface area is 121 Å². The Morgan fingerprint density at radius 1 is 1.40 bits per heavy atom. The molecule has 106 valence electrons. The average molecular weight is 291 g/mol. The van der Waals surface area contributed by atoms with Crippen molar-refractivity contribution in [3.05, 3.63) is 30.3 Å². The molecule has 0 saturated carbocycles. The predicted octanol–water partition coefficient (Wildman–Crippen LogP) is 3.26. The van der Waals surface area contributed by atoms with Crippen molar-refractivity contribution in [2.24, 2.45) is 0 Å². The van der Waals surface area contributed by atoms with Gasteiger partial charge in [0.1, 0.15) is 6.04 Å². The second-order valence-corrected chi connectivity index (χ2v) is 5.22. The van der Waals surface area contributed by atoms with Gasteiger partial charge in [-0.05, 0) is 6.42 Å². The topological polar surface area (TPSA) is 75.1 Å². The SMILES string of the molecule is CCCCC(Nc1nc(-c2ccccc2)ns1)C(=O)O. The van der Waals surface area contributed by atoms with Gasteiger partial charge in [-0.25, -0.2) is 4.79 Å². The zero-order valence-corrected chi connectivity index (χ0v) is 12.1. The summed E-state index contributed by atoms with van der Waals surface area (Å²) in [6, 6.07) is 9.02. The van der Waals surface area contributed by atoms with Gasteiger partial charge in [0.2, 0.25) is 5.13 Å². The summed E-state index contributed by atoms with van der Waals surface area (Å²) >= 11 is 1.19. The summed E-state index contributed by atoms with van der Waals surface area (Å²) in [5.41, 5.74) is 0.928. The predicted molar refractivity (Wildman–Crippen MR) is 79.9 cm³/mol. The third-order valence-corrected chi connectivity index (χ3v) is 3.55. The maximum Gasteiger partial charge on any atom is 0.326 e. The van der Waals surface area contributed by atoms with Gasteiger partial charge in [-0.15, -0.1) is 0 Å². The molecule has 1 aromatic carbocycles. The molecule has 1 atom stereocenters. The first-order valence-corrected chi connectivity index (χ1v) is 7.36. The number of hydrogen-bond acceptors (Lipinski definition) is 5. The van der Waals surface area contributed by atoms with Gasteiger partial charge < -0.3 is 10.4 Å². The quantitative estimate of drug-likeness (QED) is 0.819. The van der Waals surface area contributed by atoms with Crippen molar-refractivity contribution in [1.82, 2.24) is 9.36 Å². The molecule has 1 aromatic heterocycles. The number of benzene rings is 1. The van der Waals surface area contributed by atoms with Crippen molar-refractivity contribution in [1.29, 1.82) is 0 Å². The Bertz CT molecular complexity index is 557. The maximum atomic E-state index is 11.2. The van der Waals surface area contributed by atoms with Crippen LogP contribution in [0.3, 0.4) is 0 Å². The molecule has 0 spiro atoms. The second kappa shape index (κ2) is 7.00. The number of hydrogen-bond donors (Lipinski definition) is 2. The maximum absolute atomic E-state index is 11.2. The number of carboxylic acids is 1. The van der Waals surface area contributed by atoms with Crippen LogP contribution in [-0.2, 0) is 4.79 Å². The Morgan fingerprint density at radius 3 is 2.80 bits per heavy atom. The van der Waals surface area contributed by atoms with E-state index in [4.69, 9.17) is 0 Å². The van der Waals surface area contributed by atoms with Crippen LogP contribution in [0.1, 0.15) is 26.2 Å². The summed E-state index contributed by atoms with van der Waals surface area (Å²) in [5, 5.41) is 12.7. The summed E-state index contributed by atoms with van der Waals surface area (Å²) in [6.45, 7) is 2.04. The van der Waals surface area contributed by atoms with Gasteiger partial charge in [-0.3, -0.25) is 0 Å². The van der Waals surface area contributed by atoms with Crippen molar-refractivity contribution in [3.8, 4) is 11.4 Å². The number of nitrogens with zero attached hydrogens (tertiary/aromatic N) is 2. The molecule has 0 saturated heterocycles. The highest BCUT2D eigenvalue weighted by atomic mass is 32.1. The molecular formula is C14H17N3O2S. The molecule has 2 N–H and O–H groups in total. The van der Waals surface area contributed by atoms with Gasteiger partial charge in [0.15, 0.2) is 5.82 Å². The van der Waals surface area contributed by atoms with Crippen LogP contribution in [0.2, 0.25) is 0 Å². The van der Waals surface area contributed by atoms with Crippen LogP contribution in [0.4, 0.5) is 5.13 Å². The summed E-state index contributed by atoms with van der Waals surface area (Å²) in [5.74, 6) is -0.229. The molecule has 2 rings (SSSR count). The Kier molecular flexibility index (Phi) is 5.06. The van der Waals surface area contributed by atoms with E-state index in [-0.39, 0.29) is 0 Å². The second-order valence-electron chi connectivity index (χ2n) is 4.47. The standard InChI is InChI=1S/C14H17N3O2S/c1-2-3-9-11(13(18)19)15-14-16-12(17-20-14)10-7-5-4-6-8-10/h4-8,11H,2-3,9H2,1H3,(H,18,19)(H,15,16,17). The van der Waals surface area contributed by atoms with Gasteiger partial charge >= 0.3 is 5.97 Å². The largest absolute Gasteiger partial charge is 0.480 e. The first-order valence-electron chi connectivity index (χ1n) is 6.59. The number of aliphatic carboxylic acids is 1. The molecule has 6 heteroatoms. The van der Waals surface area contributed by atoms with Gasteiger partial charge in [-0.1, -0.05) is 50.1 Å². The summed E-state index contributed by atoms with van der Waals surface area (Å²) in [7, 11) is 0. The fourth-order valence-corrected chi connectivity index (χ4v) is 2.44. The zero-order valence-electron chi connectivity index (χ0n) is 11.2. The van der Waals surface area contributed by atoms with Crippen LogP contribution in [0.5, 0.6) is 0 Å². The lowest BCUT2D eigenvalue weighted by atomic mass is 10.1. The Morgan fingerprint density at radius 2 is 2.15 bits per heavy atom. The highest BCUT2D eigenvalue weighted by molar-refractivity contribution is 7.09. The monoisotopic (exact) mass is 291 g/mol. The lowest BCUT2D eigenvalue weighted by Crippen LogP contribution is -2.29. The van der Waals surface area contributed by atoms with Crippen LogP contribution < -0.4 is 5.32 Å². The molecule has 2 aromatic rings. The minimum absolute atomic E-state index is 0.548. The number of carboxylic acid groups (broad SMARTS) is 1. The molecule has 0 fully saturated rings. The number of rotatable bonds is 7. The number of unbranched alkanes of at least 4 members (excludes halogenated alkanes) is 1. The molecule has 0 aliphatic carbocycles. The minimum atomic E-state index is -0.852. The third kappa shape index (κ3) is 3.77.